The van der Waals surface area contributed by atoms with Gasteiger partial charge in [0.15, 0.2) is 0 Å². The molecule has 0 aromatic heterocycles. The first-order chi connectivity index (χ1) is 5.70. The van der Waals surface area contributed by atoms with Gasteiger partial charge < -0.3 is 9.90 Å². The Morgan fingerprint density at radius 1 is 1.33 bits per heavy atom. The standard InChI is InChI=1S/C9H7BrO2/c10-8(6-9(11)12)7-4-2-1-3-5-7/h1-6H,(H,11,12)/p-1/b8-6-. The van der Waals surface area contributed by atoms with Crippen LogP contribution in [-0.2, 0) is 4.79 Å². The normalized spacial score (nSPS) is 11.2. The maximum atomic E-state index is 10.2. The van der Waals surface area contributed by atoms with E-state index in [0.29, 0.717) is 4.48 Å². The van der Waals surface area contributed by atoms with Gasteiger partial charge in [0.1, 0.15) is 0 Å². The summed E-state index contributed by atoms with van der Waals surface area (Å²) >= 11 is 3.13. The van der Waals surface area contributed by atoms with Crippen molar-refractivity contribution < 1.29 is 9.90 Å². The van der Waals surface area contributed by atoms with Gasteiger partial charge in [-0.25, -0.2) is 0 Å². The van der Waals surface area contributed by atoms with E-state index in [-0.39, 0.29) is 0 Å². The number of rotatable bonds is 2. The lowest BCUT2D eigenvalue weighted by Gasteiger charge is -1.99. The topological polar surface area (TPSA) is 40.1 Å². The Labute approximate surface area is 78.7 Å². The molecule has 0 aliphatic carbocycles. The summed E-state index contributed by atoms with van der Waals surface area (Å²) in [7, 11) is 0. The first-order valence-corrected chi connectivity index (χ1v) is 4.13. The van der Waals surface area contributed by atoms with Crippen LogP contribution in [0.2, 0.25) is 0 Å². The summed E-state index contributed by atoms with van der Waals surface area (Å²) in [6.45, 7) is 0. The molecule has 0 N–H and O–H groups in total. The molecule has 0 aliphatic rings. The van der Waals surface area contributed by atoms with Crippen molar-refractivity contribution in [3.8, 4) is 0 Å². The molecule has 0 fully saturated rings. The van der Waals surface area contributed by atoms with Crippen molar-refractivity contribution in [1.29, 1.82) is 0 Å². The molecular formula is C9H6BrO2-. The Bertz CT molecular complexity index is 304. The average Bonchev–Trinajstić information content (AvgIpc) is 2.05. The number of carbonyl (C=O) groups is 1. The summed E-state index contributed by atoms with van der Waals surface area (Å²) in [6.07, 6.45) is 1.01. The predicted octanol–water partition coefficient (Wildman–Crippen LogP) is 1.17. The molecule has 0 amide bonds. The third kappa shape index (κ3) is 2.51. The van der Waals surface area contributed by atoms with E-state index in [1.165, 1.54) is 0 Å². The quantitative estimate of drug-likeness (QED) is 0.710. The Hall–Kier alpha value is -1.09. The summed E-state index contributed by atoms with van der Waals surface area (Å²) in [6, 6.07) is 9.15. The van der Waals surface area contributed by atoms with E-state index in [1.807, 2.05) is 30.3 Å². The second kappa shape index (κ2) is 4.07. The first kappa shape index (κ1) is 9.00. The highest BCUT2D eigenvalue weighted by molar-refractivity contribution is 9.15. The van der Waals surface area contributed by atoms with Crippen LogP contribution >= 0.6 is 15.9 Å². The Balaban J connectivity index is 2.93. The lowest BCUT2D eigenvalue weighted by Crippen LogP contribution is -2.18. The van der Waals surface area contributed by atoms with Gasteiger partial charge in [0.05, 0.1) is 5.97 Å². The van der Waals surface area contributed by atoms with Gasteiger partial charge in [0.2, 0.25) is 0 Å². The van der Waals surface area contributed by atoms with Crippen LogP contribution in [0.4, 0.5) is 0 Å². The molecule has 0 bridgehead atoms. The highest BCUT2D eigenvalue weighted by atomic mass is 79.9. The zero-order valence-corrected chi connectivity index (χ0v) is 7.74. The summed E-state index contributed by atoms with van der Waals surface area (Å²) in [4.78, 5) is 10.2. The molecule has 1 aromatic carbocycles. The molecule has 0 aliphatic heterocycles. The van der Waals surface area contributed by atoms with Crippen molar-refractivity contribution in [3.63, 3.8) is 0 Å². The van der Waals surface area contributed by atoms with Crippen LogP contribution in [0.15, 0.2) is 36.4 Å². The molecule has 12 heavy (non-hydrogen) atoms. The zero-order valence-electron chi connectivity index (χ0n) is 6.16. The summed E-state index contributed by atoms with van der Waals surface area (Å²) in [5, 5.41) is 10.2. The summed E-state index contributed by atoms with van der Waals surface area (Å²) in [5.41, 5.74) is 0.821. The number of hydrogen-bond donors (Lipinski definition) is 0. The van der Waals surface area contributed by atoms with Gasteiger partial charge in [-0.15, -0.1) is 0 Å². The second-order valence-corrected chi connectivity index (χ2v) is 3.03. The minimum atomic E-state index is -1.20. The fraction of sp³-hybridized carbons (Fsp3) is 0. The van der Waals surface area contributed by atoms with Gasteiger partial charge in [-0.2, -0.15) is 0 Å². The van der Waals surface area contributed by atoms with Crippen molar-refractivity contribution in [3.05, 3.63) is 42.0 Å². The molecule has 1 rings (SSSR count). The number of carboxylic acid groups (broad SMARTS) is 1. The molecule has 0 saturated carbocycles. The number of benzene rings is 1. The number of hydrogen-bond acceptors (Lipinski definition) is 2. The molecule has 0 radical (unpaired) electrons. The molecule has 0 atom stereocenters. The molecule has 3 heteroatoms. The second-order valence-electron chi connectivity index (χ2n) is 2.18. The molecule has 0 heterocycles. The minimum Gasteiger partial charge on any atom is -0.545 e. The van der Waals surface area contributed by atoms with Crippen LogP contribution in [0, 0.1) is 0 Å². The molecule has 0 spiro atoms. The molecule has 62 valence electrons. The van der Waals surface area contributed by atoms with Crippen molar-refractivity contribution in [1.82, 2.24) is 0 Å². The van der Waals surface area contributed by atoms with Crippen molar-refractivity contribution in [2.45, 2.75) is 0 Å². The van der Waals surface area contributed by atoms with E-state index in [4.69, 9.17) is 0 Å². The third-order valence-corrected chi connectivity index (χ3v) is 1.98. The number of carbonyl (C=O) groups excluding carboxylic acids is 1. The first-order valence-electron chi connectivity index (χ1n) is 3.34. The van der Waals surface area contributed by atoms with Crippen molar-refractivity contribution in [2.75, 3.05) is 0 Å². The average molecular weight is 226 g/mol. The maximum Gasteiger partial charge on any atom is 0.0654 e. The van der Waals surface area contributed by atoms with Gasteiger partial charge in [-0.1, -0.05) is 46.3 Å². The molecule has 0 unspecified atom stereocenters. The van der Waals surface area contributed by atoms with Gasteiger partial charge in [-0.3, -0.25) is 0 Å². The fourth-order valence-corrected chi connectivity index (χ4v) is 1.24. The lowest BCUT2D eigenvalue weighted by atomic mass is 10.2. The van der Waals surface area contributed by atoms with Gasteiger partial charge in [-0.05, 0) is 11.6 Å². The Morgan fingerprint density at radius 3 is 2.42 bits per heavy atom. The Morgan fingerprint density at radius 2 is 1.92 bits per heavy atom. The highest BCUT2D eigenvalue weighted by Gasteiger charge is 1.93. The zero-order chi connectivity index (χ0) is 8.97. The largest absolute Gasteiger partial charge is 0.545 e. The monoisotopic (exact) mass is 225 g/mol. The third-order valence-electron chi connectivity index (χ3n) is 1.29. The predicted molar refractivity (Wildman–Crippen MR) is 48.4 cm³/mol. The van der Waals surface area contributed by atoms with Crippen molar-refractivity contribution >= 4 is 26.4 Å². The van der Waals surface area contributed by atoms with Crippen LogP contribution in [0.25, 0.3) is 4.48 Å². The highest BCUT2D eigenvalue weighted by Crippen LogP contribution is 2.19. The number of carboxylic acids is 1. The van der Waals surface area contributed by atoms with Gasteiger partial charge in [0.25, 0.3) is 0 Å². The molecule has 2 nitrogen and oxygen atoms in total. The van der Waals surface area contributed by atoms with Crippen LogP contribution in [0.5, 0.6) is 0 Å². The SMILES string of the molecule is O=C([O-])/C=C(\Br)c1ccccc1. The Kier molecular flexibility index (Phi) is 3.05. The van der Waals surface area contributed by atoms with Gasteiger partial charge in [0, 0.05) is 4.48 Å². The van der Waals surface area contributed by atoms with Crippen LogP contribution in [0.1, 0.15) is 5.56 Å². The number of aliphatic carboxylic acids is 1. The molecule has 1 aromatic rings. The van der Waals surface area contributed by atoms with E-state index in [9.17, 15) is 9.90 Å². The van der Waals surface area contributed by atoms with Crippen molar-refractivity contribution in [2.24, 2.45) is 0 Å². The maximum absolute atomic E-state index is 10.2. The minimum absolute atomic E-state index is 0.517. The lowest BCUT2D eigenvalue weighted by molar-refractivity contribution is -0.297. The summed E-state index contributed by atoms with van der Waals surface area (Å²) < 4.78 is 0.517. The summed E-state index contributed by atoms with van der Waals surface area (Å²) in [5.74, 6) is -1.20. The molecule has 0 saturated heterocycles. The van der Waals surface area contributed by atoms with E-state index < -0.39 is 5.97 Å². The van der Waals surface area contributed by atoms with Crippen LogP contribution < -0.4 is 5.11 Å². The van der Waals surface area contributed by atoms with E-state index in [0.717, 1.165) is 11.6 Å². The number of halogens is 1. The van der Waals surface area contributed by atoms with Crippen LogP contribution in [-0.4, -0.2) is 5.97 Å². The smallest absolute Gasteiger partial charge is 0.0654 e. The molecular weight excluding hydrogens is 220 g/mol. The van der Waals surface area contributed by atoms with Crippen LogP contribution in [0.3, 0.4) is 0 Å². The van der Waals surface area contributed by atoms with E-state index >= 15 is 0 Å². The van der Waals surface area contributed by atoms with E-state index in [1.54, 1.807) is 0 Å². The van der Waals surface area contributed by atoms with Gasteiger partial charge >= 0.3 is 0 Å². The van der Waals surface area contributed by atoms with E-state index in [2.05, 4.69) is 15.9 Å². The fourth-order valence-electron chi connectivity index (χ4n) is 0.784.